The van der Waals surface area contributed by atoms with E-state index in [0.29, 0.717) is 30.8 Å². The van der Waals surface area contributed by atoms with Crippen molar-refractivity contribution in [3.8, 4) is 17.3 Å². The van der Waals surface area contributed by atoms with Crippen LogP contribution in [-0.2, 0) is 11.3 Å². The number of pyridine rings is 1. The minimum atomic E-state index is 0.179. The summed E-state index contributed by atoms with van der Waals surface area (Å²) >= 11 is 1.78. The number of hydrogen-bond acceptors (Lipinski definition) is 8. The Labute approximate surface area is 161 Å². The molecule has 142 valence electrons. The second-order valence-electron chi connectivity index (χ2n) is 6.39. The topological polar surface area (TPSA) is 73.5 Å². The molecule has 0 aromatic carbocycles. The number of likely N-dealkylation sites (tertiary alicyclic amines) is 1. The molecule has 1 fully saturated rings. The highest BCUT2D eigenvalue weighted by Gasteiger charge is 2.31. The zero-order valence-corrected chi connectivity index (χ0v) is 16.0. The molecule has 0 saturated carbocycles. The fraction of sp³-hybridized carbons (Fsp3) is 0.421. The van der Waals surface area contributed by atoms with Crippen LogP contribution >= 0.6 is 11.3 Å². The maximum absolute atomic E-state index is 5.59. The van der Waals surface area contributed by atoms with Crippen LogP contribution in [0.1, 0.15) is 29.7 Å². The summed E-state index contributed by atoms with van der Waals surface area (Å²) in [6.45, 7) is 2.97. The molecule has 0 unspecified atom stereocenters. The van der Waals surface area contributed by atoms with Crippen molar-refractivity contribution in [2.45, 2.75) is 25.4 Å². The molecule has 27 heavy (non-hydrogen) atoms. The third-order valence-corrected chi connectivity index (χ3v) is 5.42. The van der Waals surface area contributed by atoms with Gasteiger partial charge < -0.3 is 14.0 Å². The molecule has 7 nitrogen and oxygen atoms in total. The van der Waals surface area contributed by atoms with E-state index in [-0.39, 0.29) is 6.04 Å². The largest absolute Gasteiger partial charge is 0.475 e. The highest BCUT2D eigenvalue weighted by molar-refractivity contribution is 7.09. The molecule has 0 spiro atoms. The van der Waals surface area contributed by atoms with E-state index in [2.05, 4.69) is 37.5 Å². The minimum absolute atomic E-state index is 0.179. The van der Waals surface area contributed by atoms with Crippen molar-refractivity contribution in [3.05, 3.63) is 46.6 Å². The van der Waals surface area contributed by atoms with Gasteiger partial charge in [-0.1, -0.05) is 11.2 Å². The lowest BCUT2D eigenvalue weighted by Crippen LogP contribution is -2.22. The van der Waals surface area contributed by atoms with Crippen LogP contribution in [0.2, 0.25) is 0 Å². The molecule has 1 aliphatic heterocycles. The third-order valence-electron chi connectivity index (χ3n) is 4.56. The first-order chi connectivity index (χ1) is 13.3. The standard InChI is InChI=1S/C19H22N4O3S/c1-24-9-10-25-17-7-6-14(12-20-17)18-21-19(26-22-18)16-5-2-8-23(16)13-15-4-3-11-27-15/h3-4,6-7,11-12,16H,2,5,8-10,13H2,1H3/t16-/m1/s1. The van der Waals surface area contributed by atoms with E-state index >= 15 is 0 Å². The summed E-state index contributed by atoms with van der Waals surface area (Å²) in [5, 5.41) is 6.27. The minimum Gasteiger partial charge on any atom is -0.475 e. The molecule has 4 rings (SSSR count). The van der Waals surface area contributed by atoms with E-state index in [9.17, 15) is 0 Å². The highest BCUT2D eigenvalue weighted by Crippen LogP contribution is 2.33. The lowest BCUT2D eigenvalue weighted by Gasteiger charge is -2.20. The molecule has 0 N–H and O–H groups in total. The number of thiophene rings is 1. The first-order valence-corrected chi connectivity index (χ1v) is 9.89. The Kier molecular flexibility index (Phi) is 5.76. The Bertz CT molecular complexity index is 835. The normalized spacial score (nSPS) is 17.4. The Hall–Kier alpha value is -2.29. The van der Waals surface area contributed by atoms with Crippen LogP contribution in [-0.4, -0.2) is 46.9 Å². The van der Waals surface area contributed by atoms with E-state index in [1.165, 1.54) is 4.88 Å². The smallest absolute Gasteiger partial charge is 0.244 e. The average molecular weight is 386 g/mol. The van der Waals surface area contributed by atoms with E-state index < -0.39 is 0 Å². The average Bonchev–Trinajstić information content (AvgIpc) is 3.45. The first-order valence-electron chi connectivity index (χ1n) is 9.01. The Morgan fingerprint density at radius 1 is 1.30 bits per heavy atom. The Morgan fingerprint density at radius 3 is 3.04 bits per heavy atom. The van der Waals surface area contributed by atoms with Gasteiger partial charge in [-0.05, 0) is 36.9 Å². The van der Waals surface area contributed by atoms with Crippen LogP contribution in [0.15, 0.2) is 40.4 Å². The molecule has 1 saturated heterocycles. The van der Waals surface area contributed by atoms with Gasteiger partial charge in [0.2, 0.25) is 17.6 Å². The van der Waals surface area contributed by atoms with Gasteiger partial charge in [0.15, 0.2) is 0 Å². The molecule has 3 aromatic heterocycles. The van der Waals surface area contributed by atoms with Crippen LogP contribution in [0.5, 0.6) is 5.88 Å². The van der Waals surface area contributed by atoms with Gasteiger partial charge in [-0.3, -0.25) is 4.90 Å². The summed E-state index contributed by atoms with van der Waals surface area (Å²) in [5.41, 5.74) is 0.812. The number of methoxy groups -OCH3 is 1. The summed E-state index contributed by atoms with van der Waals surface area (Å²) in [7, 11) is 1.64. The summed E-state index contributed by atoms with van der Waals surface area (Å²) in [4.78, 5) is 12.7. The van der Waals surface area contributed by atoms with E-state index in [0.717, 1.165) is 31.5 Å². The predicted octanol–water partition coefficient (Wildman–Crippen LogP) is 3.56. The van der Waals surface area contributed by atoms with E-state index in [4.69, 9.17) is 14.0 Å². The van der Waals surface area contributed by atoms with Gasteiger partial charge in [-0.15, -0.1) is 11.3 Å². The van der Waals surface area contributed by atoms with Crippen LogP contribution in [0, 0.1) is 0 Å². The maximum atomic E-state index is 5.59. The van der Waals surface area contributed by atoms with Gasteiger partial charge in [-0.2, -0.15) is 4.98 Å². The van der Waals surface area contributed by atoms with Crippen molar-refractivity contribution in [1.29, 1.82) is 0 Å². The quantitative estimate of drug-likeness (QED) is 0.548. The third kappa shape index (κ3) is 4.35. The molecule has 0 aliphatic carbocycles. The molecule has 4 heterocycles. The Morgan fingerprint density at radius 2 is 2.26 bits per heavy atom. The first kappa shape index (κ1) is 18.1. The van der Waals surface area contributed by atoms with Crippen LogP contribution in [0.4, 0.5) is 0 Å². The fourth-order valence-electron chi connectivity index (χ4n) is 3.21. The SMILES string of the molecule is COCCOc1ccc(-c2noc([C@H]3CCCN3Cc3cccs3)n2)cn1. The molecular weight excluding hydrogens is 364 g/mol. The number of nitrogens with zero attached hydrogens (tertiary/aromatic N) is 4. The zero-order valence-electron chi connectivity index (χ0n) is 15.2. The van der Waals surface area contributed by atoms with Crippen molar-refractivity contribution in [3.63, 3.8) is 0 Å². The van der Waals surface area contributed by atoms with Crippen molar-refractivity contribution in [1.82, 2.24) is 20.0 Å². The van der Waals surface area contributed by atoms with Crippen molar-refractivity contribution in [2.24, 2.45) is 0 Å². The molecule has 3 aromatic rings. The number of hydrogen-bond donors (Lipinski definition) is 0. The fourth-order valence-corrected chi connectivity index (χ4v) is 3.94. The van der Waals surface area contributed by atoms with Crippen LogP contribution in [0.3, 0.4) is 0 Å². The van der Waals surface area contributed by atoms with Gasteiger partial charge in [0.25, 0.3) is 0 Å². The molecule has 0 amide bonds. The van der Waals surface area contributed by atoms with Gasteiger partial charge in [0.1, 0.15) is 6.61 Å². The van der Waals surface area contributed by atoms with E-state index in [1.54, 1.807) is 30.7 Å². The summed E-state index contributed by atoms with van der Waals surface area (Å²) in [6, 6.07) is 8.13. The number of aromatic nitrogens is 3. The lowest BCUT2D eigenvalue weighted by atomic mass is 10.2. The maximum Gasteiger partial charge on any atom is 0.244 e. The summed E-state index contributed by atoms with van der Waals surface area (Å²) in [6.07, 6.45) is 3.88. The molecule has 1 atom stereocenters. The van der Waals surface area contributed by atoms with Crippen LogP contribution in [0.25, 0.3) is 11.4 Å². The number of ether oxygens (including phenoxy) is 2. The molecular formula is C19H22N4O3S. The second-order valence-corrected chi connectivity index (χ2v) is 7.42. The van der Waals surface area contributed by atoms with Crippen molar-refractivity contribution in [2.75, 3.05) is 26.9 Å². The lowest BCUT2D eigenvalue weighted by molar-refractivity contribution is 0.144. The zero-order chi connectivity index (χ0) is 18.5. The monoisotopic (exact) mass is 386 g/mol. The molecule has 1 aliphatic rings. The van der Waals surface area contributed by atoms with Gasteiger partial charge in [0.05, 0.1) is 12.6 Å². The highest BCUT2D eigenvalue weighted by atomic mass is 32.1. The van der Waals surface area contributed by atoms with Crippen molar-refractivity contribution >= 4 is 11.3 Å². The van der Waals surface area contributed by atoms with E-state index in [1.807, 2.05) is 6.07 Å². The predicted molar refractivity (Wildman–Crippen MR) is 102 cm³/mol. The summed E-state index contributed by atoms with van der Waals surface area (Å²) < 4.78 is 16.0. The van der Waals surface area contributed by atoms with Gasteiger partial charge in [-0.25, -0.2) is 4.98 Å². The Balaban J connectivity index is 1.43. The summed E-state index contributed by atoms with van der Waals surface area (Å²) in [5.74, 6) is 1.79. The van der Waals surface area contributed by atoms with Crippen LogP contribution < -0.4 is 4.74 Å². The number of rotatable bonds is 8. The van der Waals surface area contributed by atoms with Crippen molar-refractivity contribution < 1.29 is 14.0 Å². The molecule has 0 radical (unpaired) electrons. The molecule has 0 bridgehead atoms. The molecule has 8 heteroatoms. The van der Waals surface area contributed by atoms with Gasteiger partial charge >= 0.3 is 0 Å². The van der Waals surface area contributed by atoms with Gasteiger partial charge in [0, 0.05) is 36.4 Å². The second kappa shape index (κ2) is 8.60.